The zero-order valence-electron chi connectivity index (χ0n) is 8.43. The quantitative estimate of drug-likeness (QED) is 0.731. The van der Waals surface area contributed by atoms with Crippen molar-refractivity contribution in [1.29, 1.82) is 0 Å². The van der Waals surface area contributed by atoms with Gasteiger partial charge in [0.1, 0.15) is 5.76 Å². The summed E-state index contributed by atoms with van der Waals surface area (Å²) in [5.74, 6) is 0.767. The van der Waals surface area contributed by atoms with E-state index in [4.69, 9.17) is 14.1 Å². The summed E-state index contributed by atoms with van der Waals surface area (Å²) < 4.78 is 9.92. The average molecular weight is 212 g/mol. The molecule has 0 aliphatic carbocycles. The number of aryl methyl sites for hydroxylation is 1. The maximum atomic E-state index is 11.4. The van der Waals surface area contributed by atoms with Crippen molar-refractivity contribution in [3.05, 3.63) is 11.8 Å². The summed E-state index contributed by atoms with van der Waals surface area (Å²) in [7, 11) is 0. The minimum absolute atomic E-state index is 0.0774. The van der Waals surface area contributed by atoms with E-state index in [0.29, 0.717) is 24.8 Å². The van der Waals surface area contributed by atoms with Gasteiger partial charge in [-0.3, -0.25) is 9.63 Å². The van der Waals surface area contributed by atoms with Crippen molar-refractivity contribution in [3.63, 3.8) is 0 Å². The Bertz CT molecular complexity index is 344. The highest BCUT2D eigenvalue weighted by atomic mass is 16.7. The van der Waals surface area contributed by atoms with Gasteiger partial charge in [-0.05, 0) is 18.5 Å². The minimum Gasteiger partial charge on any atom is -0.465 e. The van der Waals surface area contributed by atoms with Crippen LogP contribution in [0.5, 0.6) is 5.88 Å². The SMILES string of the molecule is Cc1cc(OCC(=O)N2CCCO2)no1. The number of aromatic nitrogens is 1. The molecule has 0 N–H and O–H groups in total. The second-order valence-electron chi connectivity index (χ2n) is 3.25. The highest BCUT2D eigenvalue weighted by molar-refractivity contribution is 5.76. The third-order valence-corrected chi connectivity index (χ3v) is 1.98. The van der Waals surface area contributed by atoms with E-state index < -0.39 is 0 Å². The van der Waals surface area contributed by atoms with E-state index in [1.165, 1.54) is 5.06 Å². The molecule has 2 heterocycles. The minimum atomic E-state index is -0.201. The van der Waals surface area contributed by atoms with Gasteiger partial charge >= 0.3 is 0 Å². The molecule has 1 aromatic heterocycles. The largest absolute Gasteiger partial charge is 0.465 e. The molecule has 1 amide bonds. The maximum absolute atomic E-state index is 11.4. The fourth-order valence-corrected chi connectivity index (χ4v) is 1.26. The number of hydrogen-bond acceptors (Lipinski definition) is 5. The number of ether oxygens (including phenoxy) is 1. The van der Waals surface area contributed by atoms with Gasteiger partial charge in [0.05, 0.1) is 13.2 Å². The standard InChI is InChI=1S/C9H12N2O4/c1-7-5-8(10-15-7)13-6-9(12)11-3-2-4-14-11/h5H,2-4,6H2,1H3. The van der Waals surface area contributed by atoms with E-state index in [9.17, 15) is 4.79 Å². The first kappa shape index (κ1) is 9.97. The van der Waals surface area contributed by atoms with Gasteiger partial charge in [0, 0.05) is 6.07 Å². The Morgan fingerprint density at radius 1 is 1.73 bits per heavy atom. The van der Waals surface area contributed by atoms with Gasteiger partial charge in [-0.25, -0.2) is 5.06 Å². The summed E-state index contributed by atoms with van der Waals surface area (Å²) >= 11 is 0. The van der Waals surface area contributed by atoms with Gasteiger partial charge < -0.3 is 9.26 Å². The van der Waals surface area contributed by atoms with Crippen molar-refractivity contribution in [2.24, 2.45) is 0 Å². The number of carbonyl (C=O) groups is 1. The Kier molecular flexibility index (Phi) is 2.86. The molecule has 0 aromatic carbocycles. The second-order valence-corrected chi connectivity index (χ2v) is 3.25. The number of nitrogens with zero attached hydrogens (tertiary/aromatic N) is 2. The predicted octanol–water partition coefficient (Wildman–Crippen LogP) is 0.526. The molecule has 0 atom stereocenters. The van der Waals surface area contributed by atoms with Crippen molar-refractivity contribution >= 4 is 5.91 Å². The first-order valence-corrected chi connectivity index (χ1v) is 4.75. The Labute approximate surface area is 86.7 Å². The van der Waals surface area contributed by atoms with Gasteiger partial charge in [0.25, 0.3) is 11.8 Å². The molecule has 82 valence electrons. The zero-order valence-corrected chi connectivity index (χ0v) is 8.43. The molecular formula is C9H12N2O4. The van der Waals surface area contributed by atoms with Crippen molar-refractivity contribution in [2.75, 3.05) is 19.8 Å². The van der Waals surface area contributed by atoms with E-state index in [1.54, 1.807) is 13.0 Å². The second kappa shape index (κ2) is 4.31. The number of hydrogen-bond donors (Lipinski definition) is 0. The number of amides is 1. The fourth-order valence-electron chi connectivity index (χ4n) is 1.26. The number of carbonyl (C=O) groups excluding carboxylic acids is 1. The van der Waals surface area contributed by atoms with Crippen LogP contribution in [-0.4, -0.2) is 35.9 Å². The molecule has 0 spiro atoms. The zero-order chi connectivity index (χ0) is 10.7. The third kappa shape index (κ3) is 2.47. The van der Waals surface area contributed by atoms with Crippen LogP contribution in [-0.2, 0) is 9.63 Å². The summed E-state index contributed by atoms with van der Waals surface area (Å²) in [5.41, 5.74) is 0. The molecule has 0 bridgehead atoms. The van der Waals surface area contributed by atoms with Crippen molar-refractivity contribution in [3.8, 4) is 5.88 Å². The first-order chi connectivity index (χ1) is 7.25. The molecule has 0 unspecified atom stereocenters. The summed E-state index contributed by atoms with van der Waals surface area (Å²) in [6, 6.07) is 1.62. The first-order valence-electron chi connectivity index (χ1n) is 4.75. The molecule has 0 radical (unpaired) electrons. The molecule has 1 aliphatic rings. The summed E-state index contributed by atoms with van der Waals surface area (Å²) in [6.07, 6.45) is 0.870. The van der Waals surface area contributed by atoms with Crippen LogP contribution in [0.4, 0.5) is 0 Å². The van der Waals surface area contributed by atoms with Gasteiger partial charge in [-0.15, -0.1) is 0 Å². The van der Waals surface area contributed by atoms with Gasteiger partial charge in [-0.2, -0.15) is 0 Å². The van der Waals surface area contributed by atoms with Crippen LogP contribution in [0.3, 0.4) is 0 Å². The molecule has 6 heteroatoms. The van der Waals surface area contributed by atoms with E-state index in [2.05, 4.69) is 5.16 Å². The normalized spacial score (nSPS) is 15.7. The molecule has 1 aromatic rings. The maximum Gasteiger partial charge on any atom is 0.284 e. The van der Waals surface area contributed by atoms with Crippen molar-refractivity contribution in [2.45, 2.75) is 13.3 Å². The molecule has 1 aliphatic heterocycles. The average Bonchev–Trinajstić information content (AvgIpc) is 2.84. The Hall–Kier alpha value is -1.56. The Balaban J connectivity index is 1.80. The van der Waals surface area contributed by atoms with Crippen molar-refractivity contribution < 1.29 is 18.9 Å². The monoisotopic (exact) mass is 212 g/mol. The Morgan fingerprint density at radius 3 is 3.20 bits per heavy atom. The van der Waals surface area contributed by atoms with E-state index in [1.807, 2.05) is 0 Å². The lowest BCUT2D eigenvalue weighted by Crippen LogP contribution is -2.31. The van der Waals surface area contributed by atoms with Gasteiger partial charge in [-0.1, -0.05) is 0 Å². The number of rotatable bonds is 3. The third-order valence-electron chi connectivity index (χ3n) is 1.98. The summed E-state index contributed by atoms with van der Waals surface area (Å²) in [5, 5.41) is 4.92. The molecule has 1 fully saturated rings. The van der Waals surface area contributed by atoms with Crippen LogP contribution in [0.1, 0.15) is 12.2 Å². The highest BCUT2D eigenvalue weighted by Gasteiger charge is 2.19. The van der Waals surface area contributed by atoms with Crippen LogP contribution in [0.2, 0.25) is 0 Å². The van der Waals surface area contributed by atoms with E-state index >= 15 is 0 Å². The highest BCUT2D eigenvalue weighted by Crippen LogP contribution is 2.10. The van der Waals surface area contributed by atoms with Crippen LogP contribution in [0.15, 0.2) is 10.6 Å². The summed E-state index contributed by atoms with van der Waals surface area (Å²) in [4.78, 5) is 16.5. The van der Waals surface area contributed by atoms with Crippen LogP contribution < -0.4 is 4.74 Å². The number of hydroxylamine groups is 2. The van der Waals surface area contributed by atoms with E-state index in [-0.39, 0.29) is 12.5 Å². The lowest BCUT2D eigenvalue weighted by atomic mass is 10.4. The fraction of sp³-hybridized carbons (Fsp3) is 0.556. The van der Waals surface area contributed by atoms with Crippen LogP contribution >= 0.6 is 0 Å². The molecule has 0 saturated carbocycles. The predicted molar refractivity (Wildman–Crippen MR) is 49.0 cm³/mol. The lowest BCUT2D eigenvalue weighted by molar-refractivity contribution is -0.170. The molecule has 1 saturated heterocycles. The lowest BCUT2D eigenvalue weighted by Gasteiger charge is -2.12. The topological polar surface area (TPSA) is 64.8 Å². The van der Waals surface area contributed by atoms with Gasteiger partial charge in [0.15, 0.2) is 6.61 Å². The Morgan fingerprint density at radius 2 is 2.60 bits per heavy atom. The molecular weight excluding hydrogens is 200 g/mol. The molecule has 6 nitrogen and oxygen atoms in total. The smallest absolute Gasteiger partial charge is 0.284 e. The van der Waals surface area contributed by atoms with Crippen LogP contribution in [0.25, 0.3) is 0 Å². The molecule has 15 heavy (non-hydrogen) atoms. The van der Waals surface area contributed by atoms with E-state index in [0.717, 1.165) is 6.42 Å². The summed E-state index contributed by atoms with van der Waals surface area (Å²) in [6.45, 7) is 2.89. The molecule has 2 rings (SSSR count). The van der Waals surface area contributed by atoms with Gasteiger partial charge in [0.2, 0.25) is 0 Å². The van der Waals surface area contributed by atoms with Crippen LogP contribution in [0, 0.1) is 6.92 Å². The van der Waals surface area contributed by atoms with Crippen molar-refractivity contribution in [1.82, 2.24) is 10.2 Å².